The third kappa shape index (κ3) is 3.21. The van der Waals surface area contributed by atoms with E-state index >= 15 is 4.39 Å². The van der Waals surface area contributed by atoms with Crippen molar-refractivity contribution >= 4 is 33.5 Å². The van der Waals surface area contributed by atoms with E-state index in [1.165, 1.54) is 6.20 Å². The third-order valence-electron chi connectivity index (χ3n) is 6.43. The summed E-state index contributed by atoms with van der Waals surface area (Å²) in [6.45, 7) is 3.30. The molecule has 2 aliphatic heterocycles. The maximum absolute atomic E-state index is 15.1. The molecule has 2 aromatic carbocycles. The number of primary amides is 1. The zero-order valence-corrected chi connectivity index (χ0v) is 18.1. The number of hydrogen-bond acceptors (Lipinski definition) is 6. The number of aromatic nitrogens is 3. The molecule has 10 heteroatoms. The number of anilines is 1. The molecule has 34 heavy (non-hydrogen) atoms. The van der Waals surface area contributed by atoms with Crippen LogP contribution in [0.5, 0.6) is 0 Å². The van der Waals surface area contributed by atoms with Crippen LogP contribution in [0.25, 0.3) is 27.6 Å². The number of benzene rings is 2. The van der Waals surface area contributed by atoms with Crippen LogP contribution in [0.3, 0.4) is 0 Å². The first-order valence-electron chi connectivity index (χ1n) is 11.0. The zero-order chi connectivity index (χ0) is 23.4. The quantitative estimate of drug-likeness (QED) is 0.498. The Kier molecular flexibility index (Phi) is 4.93. The van der Waals surface area contributed by atoms with E-state index in [9.17, 15) is 9.18 Å². The summed E-state index contributed by atoms with van der Waals surface area (Å²) in [5, 5.41) is 0.0423. The molecule has 1 amide bonds. The molecule has 2 N–H and O–H groups in total. The Bertz CT molecular complexity index is 1440. The Morgan fingerprint density at radius 3 is 2.50 bits per heavy atom. The lowest BCUT2D eigenvalue weighted by Gasteiger charge is -2.29. The molecule has 2 aliphatic rings. The van der Waals surface area contributed by atoms with E-state index in [2.05, 4.69) is 9.88 Å². The fourth-order valence-corrected chi connectivity index (χ4v) is 4.65. The molecule has 4 heterocycles. The largest absolute Gasteiger partial charge is 0.380 e. The fraction of sp³-hybridized carbons (Fsp3) is 0.292. The molecule has 174 valence electrons. The second-order valence-corrected chi connectivity index (χ2v) is 8.45. The van der Waals surface area contributed by atoms with E-state index in [-0.39, 0.29) is 22.4 Å². The normalized spacial score (nSPS) is 16.8. The molecule has 8 nitrogen and oxygen atoms in total. The number of carbonyl (C=O) groups excluding carboxylic acids is 1. The van der Waals surface area contributed by atoms with E-state index in [4.69, 9.17) is 20.2 Å². The van der Waals surface area contributed by atoms with Crippen molar-refractivity contribution < 1.29 is 23.0 Å². The Morgan fingerprint density at radius 2 is 1.79 bits per heavy atom. The van der Waals surface area contributed by atoms with Crippen LogP contribution < -0.4 is 10.6 Å². The SMILES string of the molecule is NC(=O)c1cc(N2CCOCC2)cc2c1nc(C1COC1)n2-c1ccnc2c(F)ccc(F)c12. The molecule has 0 radical (unpaired) electrons. The number of rotatable bonds is 4. The number of carbonyl (C=O) groups is 1. The van der Waals surface area contributed by atoms with Crippen LogP contribution in [0, 0.1) is 11.6 Å². The van der Waals surface area contributed by atoms with Crippen molar-refractivity contribution in [2.45, 2.75) is 5.92 Å². The second-order valence-electron chi connectivity index (χ2n) is 8.45. The first-order chi connectivity index (χ1) is 16.5. The topological polar surface area (TPSA) is 95.5 Å². The van der Waals surface area contributed by atoms with Crippen molar-refractivity contribution in [3.8, 4) is 5.69 Å². The van der Waals surface area contributed by atoms with Crippen LogP contribution in [0.4, 0.5) is 14.5 Å². The third-order valence-corrected chi connectivity index (χ3v) is 6.43. The number of imidazole rings is 1. The summed E-state index contributed by atoms with van der Waals surface area (Å²) in [5.74, 6) is -1.31. The van der Waals surface area contributed by atoms with Gasteiger partial charge in [0.2, 0.25) is 0 Å². The van der Waals surface area contributed by atoms with Crippen molar-refractivity contribution in [3.05, 3.63) is 59.6 Å². The number of fused-ring (bicyclic) bond motifs is 2. The summed E-state index contributed by atoms with van der Waals surface area (Å²) < 4.78 is 42.3. The monoisotopic (exact) mass is 465 g/mol. The predicted molar refractivity (Wildman–Crippen MR) is 121 cm³/mol. The van der Waals surface area contributed by atoms with Crippen LogP contribution in [0.1, 0.15) is 22.1 Å². The lowest BCUT2D eigenvalue weighted by atomic mass is 10.1. The summed E-state index contributed by atoms with van der Waals surface area (Å²) in [7, 11) is 0. The molecule has 2 aromatic heterocycles. The van der Waals surface area contributed by atoms with E-state index in [0.717, 1.165) is 17.8 Å². The molecule has 0 unspecified atom stereocenters. The maximum Gasteiger partial charge on any atom is 0.251 e. The molecule has 0 saturated carbocycles. The molecule has 0 spiro atoms. The van der Waals surface area contributed by atoms with Gasteiger partial charge in [0.15, 0.2) is 0 Å². The summed E-state index contributed by atoms with van der Waals surface area (Å²) >= 11 is 0. The molecule has 2 saturated heterocycles. The number of ether oxygens (including phenoxy) is 2. The van der Waals surface area contributed by atoms with E-state index in [1.807, 2.05) is 6.07 Å². The van der Waals surface area contributed by atoms with Gasteiger partial charge < -0.3 is 20.1 Å². The second kappa shape index (κ2) is 8.00. The Labute approximate surface area is 192 Å². The summed E-state index contributed by atoms with van der Waals surface area (Å²) in [6, 6.07) is 7.41. The van der Waals surface area contributed by atoms with Gasteiger partial charge in [-0.2, -0.15) is 0 Å². The van der Waals surface area contributed by atoms with Gasteiger partial charge in [0.25, 0.3) is 5.91 Å². The number of nitrogens with zero attached hydrogens (tertiary/aromatic N) is 4. The minimum absolute atomic E-state index is 0.0423. The van der Waals surface area contributed by atoms with Gasteiger partial charge >= 0.3 is 0 Å². The van der Waals surface area contributed by atoms with Crippen molar-refractivity contribution in [2.75, 3.05) is 44.4 Å². The summed E-state index contributed by atoms with van der Waals surface area (Å²) in [5.41, 5.74) is 8.12. The number of nitrogens with two attached hydrogens (primary N) is 1. The van der Waals surface area contributed by atoms with Crippen LogP contribution >= 0.6 is 0 Å². The highest BCUT2D eigenvalue weighted by molar-refractivity contribution is 6.06. The average molecular weight is 465 g/mol. The van der Waals surface area contributed by atoms with Crippen LogP contribution in [-0.4, -0.2) is 60.0 Å². The predicted octanol–water partition coefficient (Wildman–Crippen LogP) is 2.90. The highest BCUT2D eigenvalue weighted by Crippen LogP contribution is 2.37. The number of pyridine rings is 1. The van der Waals surface area contributed by atoms with Gasteiger partial charge in [-0.25, -0.2) is 13.8 Å². The molecule has 0 aliphatic carbocycles. The molecule has 6 rings (SSSR count). The van der Waals surface area contributed by atoms with Crippen LogP contribution in [0.2, 0.25) is 0 Å². The number of amides is 1. The summed E-state index contributed by atoms with van der Waals surface area (Å²) in [6.07, 6.45) is 1.44. The molecular formula is C24H21F2N5O3. The molecule has 2 fully saturated rings. The van der Waals surface area contributed by atoms with Crippen LogP contribution in [-0.2, 0) is 9.47 Å². The highest BCUT2D eigenvalue weighted by atomic mass is 19.1. The minimum atomic E-state index is -0.622. The van der Waals surface area contributed by atoms with Gasteiger partial charge in [0.1, 0.15) is 28.5 Å². The maximum atomic E-state index is 15.1. The van der Waals surface area contributed by atoms with Gasteiger partial charge in [-0.05, 0) is 30.3 Å². The lowest BCUT2D eigenvalue weighted by Crippen LogP contribution is -2.36. The lowest BCUT2D eigenvalue weighted by molar-refractivity contribution is 0.00449. The number of morpholine rings is 1. The average Bonchev–Trinajstić information content (AvgIpc) is 3.18. The van der Waals surface area contributed by atoms with Crippen molar-refractivity contribution in [1.82, 2.24) is 14.5 Å². The molecule has 0 bridgehead atoms. The van der Waals surface area contributed by atoms with Crippen molar-refractivity contribution in [2.24, 2.45) is 5.73 Å². The number of hydrogen-bond donors (Lipinski definition) is 1. The number of halogens is 2. The smallest absolute Gasteiger partial charge is 0.251 e. The Balaban J connectivity index is 1.69. The standard InChI is InChI=1S/C24H21F2N5O3/c25-16-1-2-17(26)22-20(16)18(3-4-28-22)31-19-10-14(30-5-7-33-8-6-30)9-15(23(27)32)21(19)29-24(31)13-11-34-12-13/h1-4,9-10,13H,5-8,11-12H2,(H2,27,32). The first kappa shape index (κ1) is 20.9. The van der Waals surface area contributed by atoms with Crippen LogP contribution in [0.15, 0.2) is 36.5 Å². The van der Waals surface area contributed by atoms with Gasteiger partial charge in [0, 0.05) is 25.0 Å². The first-order valence-corrected chi connectivity index (χ1v) is 11.0. The summed E-state index contributed by atoms with van der Waals surface area (Å²) in [4.78, 5) is 23.4. The van der Waals surface area contributed by atoms with Crippen molar-refractivity contribution in [1.29, 1.82) is 0 Å². The van der Waals surface area contributed by atoms with Gasteiger partial charge in [0.05, 0.1) is 54.5 Å². The Hall–Kier alpha value is -3.63. The van der Waals surface area contributed by atoms with Gasteiger partial charge in [-0.15, -0.1) is 0 Å². The van der Waals surface area contributed by atoms with E-state index in [0.29, 0.717) is 62.1 Å². The fourth-order valence-electron chi connectivity index (χ4n) is 4.65. The highest BCUT2D eigenvalue weighted by Gasteiger charge is 2.31. The zero-order valence-electron chi connectivity index (χ0n) is 18.1. The van der Waals surface area contributed by atoms with Crippen molar-refractivity contribution in [3.63, 3.8) is 0 Å². The van der Waals surface area contributed by atoms with Gasteiger partial charge in [-0.1, -0.05) is 0 Å². The van der Waals surface area contributed by atoms with E-state index < -0.39 is 17.5 Å². The Morgan fingerprint density at radius 1 is 1.03 bits per heavy atom. The molecular weight excluding hydrogens is 444 g/mol. The van der Waals surface area contributed by atoms with Gasteiger partial charge in [-0.3, -0.25) is 14.3 Å². The molecule has 4 aromatic rings. The molecule has 0 atom stereocenters. The van der Waals surface area contributed by atoms with E-state index in [1.54, 1.807) is 16.7 Å². The minimum Gasteiger partial charge on any atom is -0.380 e.